The van der Waals surface area contributed by atoms with Gasteiger partial charge in [0.15, 0.2) is 0 Å². The molecule has 3 nitrogen and oxygen atoms in total. The monoisotopic (exact) mass is 287 g/mol. The Hall–Kier alpha value is -1.58. The van der Waals surface area contributed by atoms with Gasteiger partial charge in [0.1, 0.15) is 5.75 Å². The largest absolute Gasteiger partial charge is 0.493 e. The van der Waals surface area contributed by atoms with Gasteiger partial charge in [-0.1, -0.05) is 49.7 Å². The van der Waals surface area contributed by atoms with Crippen LogP contribution in [-0.4, -0.2) is 30.9 Å². The lowest BCUT2D eigenvalue weighted by molar-refractivity contribution is 0.209. The van der Waals surface area contributed by atoms with Crippen LogP contribution in [0.25, 0.3) is 10.8 Å². The van der Waals surface area contributed by atoms with Gasteiger partial charge >= 0.3 is 0 Å². The summed E-state index contributed by atoms with van der Waals surface area (Å²) in [6.45, 7) is 3.89. The third-order valence-corrected chi connectivity index (χ3v) is 3.66. The smallest absolute Gasteiger partial charge is 0.127 e. The highest BCUT2D eigenvalue weighted by Crippen LogP contribution is 2.25. The van der Waals surface area contributed by atoms with E-state index in [1.807, 2.05) is 24.3 Å². The second-order valence-corrected chi connectivity index (χ2v) is 5.30. The predicted octanol–water partition coefficient (Wildman–Crippen LogP) is 3.36. The number of rotatable bonds is 9. The van der Waals surface area contributed by atoms with Crippen molar-refractivity contribution in [2.75, 3.05) is 19.8 Å². The summed E-state index contributed by atoms with van der Waals surface area (Å²) in [6.07, 6.45) is 3.11. The highest BCUT2D eigenvalue weighted by Gasteiger charge is 2.07. The van der Waals surface area contributed by atoms with E-state index in [1.165, 1.54) is 5.39 Å². The van der Waals surface area contributed by atoms with Crippen molar-refractivity contribution < 1.29 is 9.84 Å². The molecule has 2 N–H and O–H groups in total. The average molecular weight is 287 g/mol. The third kappa shape index (κ3) is 4.73. The number of benzene rings is 2. The van der Waals surface area contributed by atoms with Gasteiger partial charge in [-0.2, -0.15) is 0 Å². The number of hydrogen-bond acceptors (Lipinski definition) is 3. The third-order valence-electron chi connectivity index (χ3n) is 3.66. The Morgan fingerprint density at radius 2 is 1.95 bits per heavy atom. The summed E-state index contributed by atoms with van der Waals surface area (Å²) in [7, 11) is 0. The zero-order valence-electron chi connectivity index (χ0n) is 12.7. The standard InChI is InChI=1S/C18H25NO2/c1-2-3-12-19-16(14-20)11-13-21-18-10-6-8-15-7-4-5-9-17(15)18/h4-10,16,19-20H,2-3,11-14H2,1H3. The van der Waals surface area contributed by atoms with Crippen LogP contribution in [0.3, 0.4) is 0 Å². The molecule has 0 saturated carbocycles. The van der Waals surface area contributed by atoms with E-state index in [9.17, 15) is 5.11 Å². The van der Waals surface area contributed by atoms with Gasteiger partial charge in [-0.15, -0.1) is 0 Å². The lowest BCUT2D eigenvalue weighted by Crippen LogP contribution is -2.34. The van der Waals surface area contributed by atoms with E-state index in [2.05, 4.69) is 30.4 Å². The van der Waals surface area contributed by atoms with Crippen molar-refractivity contribution in [3.8, 4) is 5.75 Å². The van der Waals surface area contributed by atoms with Crippen molar-refractivity contribution in [3.63, 3.8) is 0 Å². The second-order valence-electron chi connectivity index (χ2n) is 5.30. The number of aliphatic hydroxyl groups is 1. The van der Waals surface area contributed by atoms with Gasteiger partial charge in [0.2, 0.25) is 0 Å². The van der Waals surface area contributed by atoms with E-state index in [4.69, 9.17) is 4.74 Å². The van der Waals surface area contributed by atoms with Crippen LogP contribution in [0.15, 0.2) is 42.5 Å². The maximum absolute atomic E-state index is 9.38. The molecular weight excluding hydrogens is 262 g/mol. The molecule has 1 unspecified atom stereocenters. The molecule has 0 heterocycles. The molecule has 0 saturated heterocycles. The maximum atomic E-state index is 9.38. The molecule has 0 amide bonds. The highest BCUT2D eigenvalue weighted by molar-refractivity contribution is 5.88. The normalized spacial score (nSPS) is 12.5. The maximum Gasteiger partial charge on any atom is 0.127 e. The molecule has 114 valence electrons. The SMILES string of the molecule is CCCCNC(CO)CCOc1cccc2ccccc12. The van der Waals surface area contributed by atoms with E-state index in [1.54, 1.807) is 0 Å². The Labute approximate surface area is 126 Å². The van der Waals surface area contributed by atoms with Crippen LogP contribution in [0.5, 0.6) is 5.75 Å². The quantitative estimate of drug-likeness (QED) is 0.695. The minimum Gasteiger partial charge on any atom is -0.493 e. The highest BCUT2D eigenvalue weighted by atomic mass is 16.5. The van der Waals surface area contributed by atoms with Crippen molar-refractivity contribution in [2.24, 2.45) is 0 Å². The van der Waals surface area contributed by atoms with E-state index in [-0.39, 0.29) is 12.6 Å². The molecule has 2 aromatic carbocycles. The fourth-order valence-electron chi connectivity index (χ4n) is 2.37. The van der Waals surface area contributed by atoms with Crippen LogP contribution in [0.1, 0.15) is 26.2 Å². The van der Waals surface area contributed by atoms with Gasteiger partial charge in [-0.05, 0) is 30.8 Å². The number of unbranched alkanes of at least 4 members (excludes halogenated alkanes) is 1. The van der Waals surface area contributed by atoms with Crippen LogP contribution < -0.4 is 10.1 Å². The topological polar surface area (TPSA) is 41.5 Å². The van der Waals surface area contributed by atoms with Crippen LogP contribution in [-0.2, 0) is 0 Å². The van der Waals surface area contributed by atoms with Gasteiger partial charge in [0.25, 0.3) is 0 Å². The van der Waals surface area contributed by atoms with Gasteiger partial charge in [0, 0.05) is 11.4 Å². The Balaban J connectivity index is 1.86. The summed E-state index contributed by atoms with van der Waals surface area (Å²) < 4.78 is 5.91. The fraction of sp³-hybridized carbons (Fsp3) is 0.444. The molecule has 0 spiro atoms. The summed E-state index contributed by atoms with van der Waals surface area (Å²) in [6, 6.07) is 14.4. The molecule has 0 aliphatic heterocycles. The van der Waals surface area contributed by atoms with Gasteiger partial charge < -0.3 is 15.2 Å². The Morgan fingerprint density at radius 1 is 1.14 bits per heavy atom. The fourth-order valence-corrected chi connectivity index (χ4v) is 2.37. The Bertz CT molecular complexity index is 536. The molecule has 0 radical (unpaired) electrons. The molecule has 3 heteroatoms. The zero-order valence-corrected chi connectivity index (χ0v) is 12.7. The number of nitrogens with one attached hydrogen (secondary N) is 1. The Morgan fingerprint density at radius 3 is 2.76 bits per heavy atom. The minimum atomic E-state index is 0.117. The first-order valence-electron chi connectivity index (χ1n) is 7.80. The van der Waals surface area contributed by atoms with Crippen LogP contribution in [0.2, 0.25) is 0 Å². The summed E-state index contributed by atoms with van der Waals surface area (Å²) >= 11 is 0. The van der Waals surface area contributed by atoms with Crippen molar-refractivity contribution >= 4 is 10.8 Å². The van der Waals surface area contributed by atoms with Gasteiger partial charge in [0.05, 0.1) is 13.2 Å². The average Bonchev–Trinajstić information content (AvgIpc) is 2.53. The molecule has 0 aliphatic rings. The van der Waals surface area contributed by atoms with Gasteiger partial charge in [-0.25, -0.2) is 0 Å². The summed E-state index contributed by atoms with van der Waals surface area (Å²) in [5.41, 5.74) is 0. The molecule has 2 rings (SSSR count). The molecular formula is C18H25NO2. The zero-order chi connectivity index (χ0) is 14.9. The van der Waals surface area contributed by atoms with Crippen LogP contribution in [0.4, 0.5) is 0 Å². The van der Waals surface area contributed by atoms with E-state index in [0.717, 1.165) is 36.9 Å². The second kappa shape index (κ2) is 8.65. The van der Waals surface area contributed by atoms with Crippen LogP contribution >= 0.6 is 0 Å². The van der Waals surface area contributed by atoms with E-state index < -0.39 is 0 Å². The molecule has 21 heavy (non-hydrogen) atoms. The first-order chi connectivity index (χ1) is 10.3. The number of ether oxygens (including phenoxy) is 1. The number of hydrogen-bond donors (Lipinski definition) is 2. The molecule has 1 atom stereocenters. The predicted molar refractivity (Wildman–Crippen MR) is 87.8 cm³/mol. The van der Waals surface area contributed by atoms with Crippen molar-refractivity contribution in [3.05, 3.63) is 42.5 Å². The molecule has 0 bridgehead atoms. The van der Waals surface area contributed by atoms with Crippen LogP contribution in [0, 0.1) is 0 Å². The first kappa shape index (κ1) is 15.8. The molecule has 0 aliphatic carbocycles. The van der Waals surface area contributed by atoms with Crippen molar-refractivity contribution in [2.45, 2.75) is 32.2 Å². The Kier molecular flexibility index (Phi) is 6.51. The molecule has 0 aromatic heterocycles. The van der Waals surface area contributed by atoms with E-state index >= 15 is 0 Å². The first-order valence-corrected chi connectivity index (χ1v) is 7.80. The summed E-state index contributed by atoms with van der Waals surface area (Å²) in [5, 5.41) is 15.1. The van der Waals surface area contributed by atoms with Crippen molar-refractivity contribution in [1.82, 2.24) is 5.32 Å². The molecule has 0 fully saturated rings. The van der Waals surface area contributed by atoms with Crippen molar-refractivity contribution in [1.29, 1.82) is 0 Å². The van der Waals surface area contributed by atoms with Gasteiger partial charge in [-0.3, -0.25) is 0 Å². The lowest BCUT2D eigenvalue weighted by Gasteiger charge is -2.17. The summed E-state index contributed by atoms with van der Waals surface area (Å²) in [5.74, 6) is 0.915. The van der Waals surface area contributed by atoms with E-state index in [0.29, 0.717) is 6.61 Å². The molecule has 2 aromatic rings. The summed E-state index contributed by atoms with van der Waals surface area (Å²) in [4.78, 5) is 0. The lowest BCUT2D eigenvalue weighted by atomic mass is 10.1. The number of aliphatic hydroxyl groups excluding tert-OH is 1. The number of fused-ring (bicyclic) bond motifs is 1. The minimum absolute atomic E-state index is 0.117.